The molecule has 1 aromatic carbocycles. The molecule has 0 radical (unpaired) electrons. The number of esters is 1. The highest BCUT2D eigenvalue weighted by atomic mass is 16.5. The summed E-state index contributed by atoms with van der Waals surface area (Å²) in [5.74, 6) is -0.466. The number of H-pyrrole nitrogens is 1. The first-order valence-electron chi connectivity index (χ1n) is 9.84. The van der Waals surface area contributed by atoms with Crippen molar-refractivity contribution >= 4 is 33.9 Å². The summed E-state index contributed by atoms with van der Waals surface area (Å²) in [7, 11) is 1.36. The van der Waals surface area contributed by atoms with E-state index in [0.717, 1.165) is 33.2 Å². The van der Waals surface area contributed by atoms with E-state index >= 15 is 0 Å². The summed E-state index contributed by atoms with van der Waals surface area (Å²) in [4.78, 5) is 34.6. The van der Waals surface area contributed by atoms with Crippen LogP contribution in [-0.4, -0.2) is 45.6 Å². The fraction of sp³-hybridized carbons (Fsp3) is 0.273. The zero-order valence-corrected chi connectivity index (χ0v) is 16.7. The Morgan fingerprint density at radius 3 is 2.87 bits per heavy atom. The van der Waals surface area contributed by atoms with Gasteiger partial charge in [0, 0.05) is 47.9 Å². The van der Waals surface area contributed by atoms with E-state index < -0.39 is 0 Å². The maximum atomic E-state index is 13.2. The lowest BCUT2D eigenvalue weighted by atomic mass is 10.0. The molecule has 0 aliphatic carbocycles. The number of aromatic nitrogens is 3. The van der Waals surface area contributed by atoms with Crippen LogP contribution < -0.4 is 0 Å². The van der Waals surface area contributed by atoms with Crippen LogP contribution in [0.15, 0.2) is 35.0 Å². The van der Waals surface area contributed by atoms with Crippen molar-refractivity contribution in [2.45, 2.75) is 26.3 Å². The average molecular weight is 404 g/mol. The average Bonchev–Trinajstić information content (AvgIpc) is 3.37. The third kappa shape index (κ3) is 2.83. The van der Waals surface area contributed by atoms with Gasteiger partial charge in [-0.15, -0.1) is 0 Å². The van der Waals surface area contributed by atoms with Gasteiger partial charge in [0.15, 0.2) is 0 Å². The Morgan fingerprint density at radius 2 is 2.07 bits per heavy atom. The summed E-state index contributed by atoms with van der Waals surface area (Å²) in [6.45, 7) is 3.05. The standard InChI is InChI=1S/C22H20N4O4/c1-3-17-15-9-13(10-23-20(15)30-25-17)21(27)26-7-6-19-16(11-26)14-8-12(22(28)29-2)4-5-18(14)24-19/h4-5,8-10,24H,3,6-7,11H2,1-2H3. The number of nitrogens with one attached hydrogen (secondary N) is 1. The highest BCUT2D eigenvalue weighted by Gasteiger charge is 2.26. The number of carbonyl (C=O) groups is 2. The van der Waals surface area contributed by atoms with Crippen LogP contribution in [0.5, 0.6) is 0 Å². The van der Waals surface area contributed by atoms with Crippen molar-refractivity contribution in [1.82, 2.24) is 20.0 Å². The SMILES string of the molecule is CCc1noc2ncc(C(=O)N3CCc4[nH]c5ccc(C(=O)OC)cc5c4C3)cc12. The number of aromatic amines is 1. The maximum absolute atomic E-state index is 13.2. The lowest BCUT2D eigenvalue weighted by Crippen LogP contribution is -2.35. The number of methoxy groups -OCH3 is 1. The predicted octanol–water partition coefficient (Wildman–Crippen LogP) is 3.25. The molecule has 0 bridgehead atoms. The van der Waals surface area contributed by atoms with Crippen LogP contribution in [0.3, 0.4) is 0 Å². The number of rotatable bonds is 3. The van der Waals surface area contributed by atoms with Gasteiger partial charge >= 0.3 is 5.97 Å². The van der Waals surface area contributed by atoms with Crippen LogP contribution in [0.1, 0.15) is 44.6 Å². The Balaban J connectivity index is 1.48. The number of fused-ring (bicyclic) bond motifs is 4. The van der Waals surface area contributed by atoms with Gasteiger partial charge in [-0.05, 0) is 30.7 Å². The molecule has 8 nitrogen and oxygen atoms in total. The number of amides is 1. The van der Waals surface area contributed by atoms with Crippen LogP contribution >= 0.6 is 0 Å². The smallest absolute Gasteiger partial charge is 0.337 e. The molecule has 0 atom stereocenters. The molecular weight excluding hydrogens is 384 g/mol. The van der Waals surface area contributed by atoms with Crippen LogP contribution in [-0.2, 0) is 24.1 Å². The summed E-state index contributed by atoms with van der Waals surface area (Å²) in [5.41, 5.74) is 5.31. The van der Waals surface area contributed by atoms with E-state index in [2.05, 4.69) is 15.1 Å². The van der Waals surface area contributed by atoms with Gasteiger partial charge in [-0.2, -0.15) is 0 Å². The van der Waals surface area contributed by atoms with Gasteiger partial charge in [-0.3, -0.25) is 4.79 Å². The number of hydrogen-bond donors (Lipinski definition) is 1. The van der Waals surface area contributed by atoms with Crippen LogP contribution in [0, 0.1) is 0 Å². The largest absolute Gasteiger partial charge is 0.465 e. The molecule has 5 rings (SSSR count). The van der Waals surface area contributed by atoms with Gasteiger partial charge in [0.25, 0.3) is 11.6 Å². The normalized spacial score (nSPS) is 13.6. The van der Waals surface area contributed by atoms with Crippen LogP contribution in [0.25, 0.3) is 22.0 Å². The van der Waals surface area contributed by atoms with Gasteiger partial charge < -0.3 is 19.1 Å². The van der Waals surface area contributed by atoms with E-state index in [4.69, 9.17) is 9.26 Å². The molecule has 152 valence electrons. The minimum atomic E-state index is -0.379. The van der Waals surface area contributed by atoms with Gasteiger partial charge in [0.2, 0.25) is 0 Å². The van der Waals surface area contributed by atoms with E-state index in [1.54, 1.807) is 12.1 Å². The minimum Gasteiger partial charge on any atom is -0.465 e. The molecule has 30 heavy (non-hydrogen) atoms. The van der Waals surface area contributed by atoms with E-state index in [0.29, 0.717) is 42.8 Å². The zero-order valence-electron chi connectivity index (χ0n) is 16.7. The molecule has 0 spiro atoms. The first-order valence-corrected chi connectivity index (χ1v) is 9.84. The summed E-state index contributed by atoms with van der Waals surface area (Å²) >= 11 is 0. The monoisotopic (exact) mass is 404 g/mol. The molecule has 0 fully saturated rings. The van der Waals surface area contributed by atoms with Crippen molar-refractivity contribution in [3.05, 3.63) is 58.5 Å². The Kier molecular flexibility index (Phi) is 4.27. The minimum absolute atomic E-state index is 0.0863. The molecule has 3 aromatic heterocycles. The number of benzene rings is 1. The highest BCUT2D eigenvalue weighted by Crippen LogP contribution is 2.30. The Labute approximate surface area is 171 Å². The quantitative estimate of drug-likeness (QED) is 0.526. The number of ether oxygens (including phenoxy) is 1. The molecule has 0 unspecified atom stereocenters. The lowest BCUT2D eigenvalue weighted by molar-refractivity contribution is 0.0600. The summed E-state index contributed by atoms with van der Waals surface area (Å²) in [6.07, 6.45) is 2.96. The van der Waals surface area contributed by atoms with Crippen molar-refractivity contribution in [2.24, 2.45) is 0 Å². The molecule has 0 saturated carbocycles. The first-order chi connectivity index (χ1) is 14.6. The fourth-order valence-corrected chi connectivity index (χ4v) is 4.07. The van der Waals surface area contributed by atoms with E-state index in [1.807, 2.05) is 24.0 Å². The Bertz CT molecular complexity index is 1300. The molecule has 0 saturated heterocycles. The van der Waals surface area contributed by atoms with Crippen molar-refractivity contribution < 1.29 is 18.8 Å². The number of pyridine rings is 1. The fourth-order valence-electron chi connectivity index (χ4n) is 4.07. The van der Waals surface area contributed by atoms with Gasteiger partial charge in [0.1, 0.15) is 0 Å². The third-order valence-electron chi connectivity index (χ3n) is 5.67. The number of aryl methyl sites for hydroxylation is 1. The predicted molar refractivity (Wildman–Crippen MR) is 109 cm³/mol. The van der Waals surface area contributed by atoms with E-state index in [-0.39, 0.29) is 11.9 Å². The first kappa shape index (κ1) is 18.4. The molecular formula is C22H20N4O4. The van der Waals surface area contributed by atoms with Crippen LogP contribution in [0.4, 0.5) is 0 Å². The summed E-state index contributed by atoms with van der Waals surface area (Å²) < 4.78 is 10.1. The van der Waals surface area contributed by atoms with Gasteiger partial charge in [-0.25, -0.2) is 9.78 Å². The van der Waals surface area contributed by atoms with E-state index in [1.165, 1.54) is 13.3 Å². The zero-order chi connectivity index (χ0) is 20.8. The van der Waals surface area contributed by atoms with Crippen molar-refractivity contribution in [2.75, 3.05) is 13.7 Å². The second-order valence-corrected chi connectivity index (χ2v) is 7.37. The highest BCUT2D eigenvalue weighted by molar-refractivity contribution is 5.99. The Morgan fingerprint density at radius 1 is 1.23 bits per heavy atom. The Hall–Kier alpha value is -3.68. The molecule has 1 N–H and O–H groups in total. The number of carbonyl (C=O) groups excluding carboxylic acids is 2. The number of hydrogen-bond acceptors (Lipinski definition) is 6. The topological polar surface area (TPSA) is 101 Å². The van der Waals surface area contributed by atoms with Crippen LogP contribution in [0.2, 0.25) is 0 Å². The molecule has 4 heterocycles. The van der Waals surface area contributed by atoms with E-state index in [9.17, 15) is 9.59 Å². The van der Waals surface area contributed by atoms with Gasteiger partial charge in [-0.1, -0.05) is 12.1 Å². The van der Waals surface area contributed by atoms with Gasteiger partial charge in [0.05, 0.1) is 29.3 Å². The third-order valence-corrected chi connectivity index (χ3v) is 5.67. The molecule has 1 amide bonds. The second-order valence-electron chi connectivity index (χ2n) is 7.37. The maximum Gasteiger partial charge on any atom is 0.337 e. The molecule has 1 aliphatic rings. The lowest BCUT2D eigenvalue weighted by Gasteiger charge is -2.27. The van der Waals surface area contributed by atoms with Crippen molar-refractivity contribution in [3.8, 4) is 0 Å². The molecule has 8 heteroatoms. The second kappa shape index (κ2) is 6.98. The molecule has 4 aromatic rings. The summed E-state index contributed by atoms with van der Waals surface area (Å²) in [6, 6.07) is 7.25. The number of nitrogens with zero attached hydrogens (tertiary/aromatic N) is 3. The van der Waals surface area contributed by atoms with Crippen molar-refractivity contribution in [1.29, 1.82) is 0 Å². The van der Waals surface area contributed by atoms with Crippen molar-refractivity contribution in [3.63, 3.8) is 0 Å². The summed E-state index contributed by atoms with van der Waals surface area (Å²) in [5, 5.41) is 5.72. The molecule has 1 aliphatic heterocycles.